The molecule has 1 aromatic heterocycles. The maximum Gasteiger partial charge on any atom is 0.347 e. The van der Waals surface area contributed by atoms with Crippen LogP contribution in [0.15, 0.2) is 0 Å². The van der Waals surface area contributed by atoms with Gasteiger partial charge in [-0.1, -0.05) is 13.8 Å². The van der Waals surface area contributed by atoms with Crippen LogP contribution in [0.25, 0.3) is 0 Å². The molecule has 1 rings (SSSR count). The van der Waals surface area contributed by atoms with Crippen molar-refractivity contribution in [2.24, 2.45) is 5.92 Å². The van der Waals surface area contributed by atoms with Crippen molar-refractivity contribution in [3.05, 3.63) is 15.6 Å². The zero-order valence-corrected chi connectivity index (χ0v) is 8.81. The minimum atomic E-state index is -0.870. The van der Waals surface area contributed by atoms with Gasteiger partial charge < -0.3 is 5.11 Å². The van der Waals surface area contributed by atoms with Crippen molar-refractivity contribution in [2.75, 3.05) is 0 Å². The molecule has 1 heterocycles. The number of hydrogen-bond donors (Lipinski definition) is 1. The lowest BCUT2D eigenvalue weighted by Crippen LogP contribution is -1.94. The van der Waals surface area contributed by atoms with Gasteiger partial charge in [0.25, 0.3) is 0 Å². The Balaban J connectivity index is 2.89. The lowest BCUT2D eigenvalue weighted by Gasteiger charge is -1.97. The number of aromatic nitrogens is 1. The summed E-state index contributed by atoms with van der Waals surface area (Å²) >= 11 is 1.29. The van der Waals surface area contributed by atoms with Crippen LogP contribution < -0.4 is 0 Å². The quantitative estimate of drug-likeness (QED) is 0.813. The molecule has 0 aromatic carbocycles. The van der Waals surface area contributed by atoms with Gasteiger partial charge >= 0.3 is 5.97 Å². The molecule has 0 bridgehead atoms. The Morgan fingerprint density at radius 1 is 1.62 bits per heavy atom. The molecule has 0 atom stereocenters. The summed E-state index contributed by atoms with van der Waals surface area (Å²) in [7, 11) is 0. The molecule has 0 spiro atoms. The van der Waals surface area contributed by atoms with Crippen molar-refractivity contribution < 1.29 is 9.90 Å². The Morgan fingerprint density at radius 2 is 2.23 bits per heavy atom. The van der Waals surface area contributed by atoms with Crippen LogP contribution in [0.2, 0.25) is 0 Å². The van der Waals surface area contributed by atoms with Gasteiger partial charge in [-0.25, -0.2) is 9.78 Å². The molecule has 0 saturated heterocycles. The van der Waals surface area contributed by atoms with Crippen LogP contribution in [-0.4, -0.2) is 16.1 Å². The standard InChI is InChI=1S/C9H13NO2S/c1-5(2)4-7-10-6(3)8(13-7)9(11)12/h5H,4H2,1-3H3,(H,11,12). The molecule has 13 heavy (non-hydrogen) atoms. The Labute approximate surface area is 81.4 Å². The summed E-state index contributed by atoms with van der Waals surface area (Å²) in [4.78, 5) is 15.3. The third-order valence-corrected chi connectivity index (χ3v) is 2.79. The van der Waals surface area contributed by atoms with E-state index in [1.807, 2.05) is 0 Å². The van der Waals surface area contributed by atoms with E-state index in [0.29, 0.717) is 16.5 Å². The normalized spacial score (nSPS) is 10.8. The van der Waals surface area contributed by atoms with Crippen molar-refractivity contribution in [2.45, 2.75) is 27.2 Å². The van der Waals surface area contributed by atoms with E-state index in [4.69, 9.17) is 5.11 Å². The molecular weight excluding hydrogens is 186 g/mol. The van der Waals surface area contributed by atoms with Gasteiger partial charge in [0.15, 0.2) is 0 Å². The average Bonchev–Trinajstić information content (AvgIpc) is 2.29. The summed E-state index contributed by atoms with van der Waals surface area (Å²) in [5, 5.41) is 9.70. The second-order valence-electron chi connectivity index (χ2n) is 3.43. The molecule has 1 N–H and O–H groups in total. The van der Waals surface area contributed by atoms with Crippen LogP contribution in [-0.2, 0) is 6.42 Å². The predicted molar refractivity (Wildman–Crippen MR) is 52.4 cm³/mol. The van der Waals surface area contributed by atoms with E-state index in [1.165, 1.54) is 11.3 Å². The minimum absolute atomic E-state index is 0.371. The molecule has 0 saturated carbocycles. The van der Waals surface area contributed by atoms with Gasteiger partial charge in [-0.15, -0.1) is 11.3 Å². The number of carboxylic acid groups (broad SMARTS) is 1. The van der Waals surface area contributed by atoms with E-state index in [1.54, 1.807) is 6.92 Å². The van der Waals surface area contributed by atoms with E-state index in [2.05, 4.69) is 18.8 Å². The zero-order chi connectivity index (χ0) is 10.0. The fourth-order valence-corrected chi connectivity index (χ4v) is 2.20. The van der Waals surface area contributed by atoms with Gasteiger partial charge in [-0.05, 0) is 12.8 Å². The molecule has 1 aromatic rings. The van der Waals surface area contributed by atoms with Gasteiger partial charge in [0.2, 0.25) is 0 Å². The fourth-order valence-electron chi connectivity index (χ4n) is 1.09. The maximum atomic E-state index is 10.7. The number of nitrogens with zero attached hydrogens (tertiary/aromatic N) is 1. The third kappa shape index (κ3) is 2.52. The van der Waals surface area contributed by atoms with Crippen LogP contribution in [0, 0.1) is 12.8 Å². The average molecular weight is 199 g/mol. The van der Waals surface area contributed by atoms with Gasteiger partial charge in [-0.3, -0.25) is 0 Å². The SMILES string of the molecule is Cc1nc(CC(C)C)sc1C(=O)O. The number of rotatable bonds is 3. The summed E-state index contributed by atoms with van der Waals surface area (Å²) in [5.74, 6) is -0.350. The number of aromatic carboxylic acids is 1. The second-order valence-corrected chi connectivity index (χ2v) is 4.51. The number of hydrogen-bond acceptors (Lipinski definition) is 3. The van der Waals surface area contributed by atoms with Crippen LogP contribution in [0.4, 0.5) is 0 Å². The summed E-state index contributed by atoms with van der Waals surface area (Å²) < 4.78 is 0. The topological polar surface area (TPSA) is 50.2 Å². The number of carboxylic acids is 1. The second kappa shape index (κ2) is 3.87. The third-order valence-electron chi connectivity index (χ3n) is 1.62. The molecule has 0 amide bonds. The lowest BCUT2D eigenvalue weighted by atomic mass is 10.1. The predicted octanol–water partition coefficient (Wildman–Crippen LogP) is 2.35. The first kappa shape index (κ1) is 10.2. The van der Waals surface area contributed by atoms with Gasteiger partial charge in [0, 0.05) is 6.42 Å². The molecule has 72 valence electrons. The van der Waals surface area contributed by atoms with E-state index in [0.717, 1.165) is 11.4 Å². The first-order valence-corrected chi connectivity index (χ1v) is 5.02. The summed E-state index contributed by atoms with van der Waals surface area (Å²) in [6.45, 7) is 5.93. The number of aryl methyl sites for hydroxylation is 1. The van der Waals surface area contributed by atoms with E-state index in [-0.39, 0.29) is 0 Å². The molecule has 3 nitrogen and oxygen atoms in total. The van der Waals surface area contributed by atoms with Crippen LogP contribution >= 0.6 is 11.3 Å². The van der Waals surface area contributed by atoms with Gasteiger partial charge in [-0.2, -0.15) is 0 Å². The summed E-state index contributed by atoms with van der Waals surface area (Å²) in [6.07, 6.45) is 0.860. The van der Waals surface area contributed by atoms with Crippen LogP contribution in [0.1, 0.15) is 34.2 Å². The number of carbonyl (C=O) groups is 1. The Morgan fingerprint density at radius 3 is 2.62 bits per heavy atom. The van der Waals surface area contributed by atoms with Crippen molar-refractivity contribution in [1.29, 1.82) is 0 Å². The molecule has 0 fully saturated rings. The monoisotopic (exact) mass is 199 g/mol. The smallest absolute Gasteiger partial charge is 0.347 e. The Kier molecular flexibility index (Phi) is 3.03. The van der Waals surface area contributed by atoms with Crippen molar-refractivity contribution >= 4 is 17.3 Å². The maximum absolute atomic E-state index is 10.7. The van der Waals surface area contributed by atoms with Gasteiger partial charge in [0.1, 0.15) is 4.88 Å². The molecule has 0 aliphatic heterocycles. The number of thiazole rings is 1. The first-order chi connectivity index (χ1) is 6.00. The lowest BCUT2D eigenvalue weighted by molar-refractivity contribution is 0.0701. The summed E-state index contributed by atoms with van der Waals surface area (Å²) in [5.41, 5.74) is 0.633. The van der Waals surface area contributed by atoms with Crippen molar-refractivity contribution in [3.8, 4) is 0 Å². The minimum Gasteiger partial charge on any atom is -0.477 e. The molecule has 0 unspecified atom stereocenters. The molecule has 0 radical (unpaired) electrons. The molecule has 4 heteroatoms. The van der Waals surface area contributed by atoms with E-state index < -0.39 is 5.97 Å². The highest BCUT2D eigenvalue weighted by molar-refractivity contribution is 7.13. The van der Waals surface area contributed by atoms with E-state index >= 15 is 0 Å². The summed E-state index contributed by atoms with van der Waals surface area (Å²) in [6, 6.07) is 0. The molecule has 0 aliphatic rings. The van der Waals surface area contributed by atoms with E-state index in [9.17, 15) is 4.79 Å². The Hall–Kier alpha value is -0.900. The molecular formula is C9H13NO2S. The highest BCUT2D eigenvalue weighted by Gasteiger charge is 2.14. The van der Waals surface area contributed by atoms with Crippen LogP contribution in [0.3, 0.4) is 0 Å². The van der Waals surface area contributed by atoms with Crippen molar-refractivity contribution in [1.82, 2.24) is 4.98 Å². The van der Waals surface area contributed by atoms with Crippen molar-refractivity contribution in [3.63, 3.8) is 0 Å². The fraction of sp³-hybridized carbons (Fsp3) is 0.556. The highest BCUT2D eigenvalue weighted by atomic mass is 32.1. The molecule has 0 aliphatic carbocycles. The Bertz CT molecular complexity index is 317. The zero-order valence-electron chi connectivity index (χ0n) is 8.00. The first-order valence-electron chi connectivity index (χ1n) is 4.20. The van der Waals surface area contributed by atoms with Gasteiger partial charge in [0.05, 0.1) is 10.7 Å². The highest BCUT2D eigenvalue weighted by Crippen LogP contribution is 2.20. The largest absolute Gasteiger partial charge is 0.477 e. The van der Waals surface area contributed by atoms with Crippen LogP contribution in [0.5, 0.6) is 0 Å².